The van der Waals surface area contributed by atoms with Gasteiger partial charge in [0.25, 0.3) is 0 Å². The summed E-state index contributed by atoms with van der Waals surface area (Å²) >= 11 is 1.56. The Morgan fingerprint density at radius 1 is 1.00 bits per heavy atom. The largest absolute Gasteiger partial charge is 0.319 e. The van der Waals surface area contributed by atoms with Gasteiger partial charge in [-0.15, -0.1) is 0 Å². The van der Waals surface area contributed by atoms with Crippen LogP contribution in [0, 0.1) is 0 Å². The highest BCUT2D eigenvalue weighted by molar-refractivity contribution is 7.94. The fraction of sp³-hybridized carbons (Fsp3) is 0.429. The number of benzene rings is 2. The minimum absolute atomic E-state index is 0.222. The van der Waals surface area contributed by atoms with Crippen molar-refractivity contribution in [2.75, 3.05) is 12.9 Å². The fourth-order valence-electron chi connectivity index (χ4n) is 3.16. The van der Waals surface area contributed by atoms with Gasteiger partial charge in [0.05, 0.1) is 7.11 Å². The predicted molar refractivity (Wildman–Crippen MR) is 105 cm³/mol. The van der Waals surface area contributed by atoms with Crippen LogP contribution in [-0.4, -0.2) is 12.9 Å². The van der Waals surface area contributed by atoms with Gasteiger partial charge in [0.2, 0.25) is 0 Å². The first-order valence-electron chi connectivity index (χ1n) is 8.84. The molecule has 0 heterocycles. The monoisotopic (exact) mass is 344 g/mol. The molecule has 0 aliphatic heterocycles. The summed E-state index contributed by atoms with van der Waals surface area (Å²) in [5.41, 5.74) is 4.30. The molecule has 0 saturated carbocycles. The number of para-hydroxylation sites is 2. The molecule has 0 saturated heterocycles. The second kappa shape index (κ2) is 9.87. The number of rotatable bonds is 10. The Morgan fingerprint density at radius 2 is 1.71 bits per heavy atom. The number of nitrogens with two attached hydrogens (primary N) is 1. The van der Waals surface area contributed by atoms with E-state index in [4.69, 9.17) is 4.18 Å². The van der Waals surface area contributed by atoms with Crippen molar-refractivity contribution in [3.05, 3.63) is 60.2 Å². The van der Waals surface area contributed by atoms with Crippen LogP contribution in [0.5, 0.6) is 0 Å². The molecule has 0 amide bonds. The molecule has 0 spiro atoms. The lowest BCUT2D eigenvalue weighted by atomic mass is 9.75. The van der Waals surface area contributed by atoms with E-state index in [0.717, 1.165) is 12.2 Å². The van der Waals surface area contributed by atoms with E-state index in [1.165, 1.54) is 36.2 Å². The average Bonchev–Trinajstić information content (AvgIpc) is 2.63. The molecule has 0 fully saturated rings. The average molecular weight is 345 g/mol. The lowest BCUT2D eigenvalue weighted by Crippen LogP contribution is -2.71. The SMILES string of the molecule is CCC(C)(CCCCSOC)c1ccccc1[NH2+]c1ccccc1. The number of hydrogen-bond acceptors (Lipinski definition) is 2. The Balaban J connectivity index is 2.12. The summed E-state index contributed by atoms with van der Waals surface area (Å²) in [5, 5.41) is 2.31. The standard InChI is InChI=1S/C21H29NOS/c1-4-21(2,16-10-11-17-24-23-3)19-14-8-9-15-20(19)22-18-12-6-5-7-13-18/h5-9,12-15,22H,4,10-11,16-17H2,1-3H3/p+1. The molecule has 0 bridgehead atoms. The van der Waals surface area contributed by atoms with Crippen LogP contribution >= 0.6 is 12.0 Å². The van der Waals surface area contributed by atoms with E-state index in [1.807, 2.05) is 0 Å². The van der Waals surface area contributed by atoms with Gasteiger partial charge in [-0.2, -0.15) is 0 Å². The van der Waals surface area contributed by atoms with Crippen LogP contribution in [-0.2, 0) is 9.60 Å². The zero-order valence-corrected chi connectivity index (χ0v) is 15.9. The van der Waals surface area contributed by atoms with Crippen LogP contribution in [0.3, 0.4) is 0 Å². The minimum Gasteiger partial charge on any atom is -0.319 e. The summed E-state index contributed by atoms with van der Waals surface area (Å²) in [6.07, 6.45) is 4.82. The zero-order chi connectivity index (χ0) is 17.3. The van der Waals surface area contributed by atoms with Gasteiger partial charge >= 0.3 is 0 Å². The summed E-state index contributed by atoms with van der Waals surface area (Å²) in [6.45, 7) is 4.72. The molecular formula is C21H30NOS+. The van der Waals surface area contributed by atoms with Crippen LogP contribution < -0.4 is 5.32 Å². The van der Waals surface area contributed by atoms with E-state index in [9.17, 15) is 0 Å². The molecular weight excluding hydrogens is 314 g/mol. The molecule has 0 radical (unpaired) electrons. The van der Waals surface area contributed by atoms with Crippen molar-refractivity contribution >= 4 is 23.4 Å². The molecule has 24 heavy (non-hydrogen) atoms. The minimum atomic E-state index is 0.222. The van der Waals surface area contributed by atoms with Gasteiger partial charge < -0.3 is 4.18 Å². The lowest BCUT2D eigenvalue weighted by molar-refractivity contribution is -0.479. The maximum absolute atomic E-state index is 5.08. The van der Waals surface area contributed by atoms with E-state index in [-0.39, 0.29) is 5.41 Å². The summed E-state index contributed by atoms with van der Waals surface area (Å²) in [7, 11) is 1.75. The third kappa shape index (κ3) is 5.37. The summed E-state index contributed by atoms with van der Waals surface area (Å²) in [4.78, 5) is 0. The van der Waals surface area contributed by atoms with Crippen molar-refractivity contribution in [3.8, 4) is 0 Å². The molecule has 1 unspecified atom stereocenters. The van der Waals surface area contributed by atoms with Crippen molar-refractivity contribution < 1.29 is 9.50 Å². The van der Waals surface area contributed by atoms with Gasteiger partial charge in [0.15, 0.2) is 0 Å². The first-order valence-corrected chi connectivity index (χ1v) is 9.75. The van der Waals surface area contributed by atoms with E-state index < -0.39 is 0 Å². The number of hydrogen-bond donors (Lipinski definition) is 1. The van der Waals surface area contributed by atoms with Crippen LogP contribution in [0.4, 0.5) is 11.4 Å². The normalized spacial score (nSPS) is 13.6. The van der Waals surface area contributed by atoms with Crippen LogP contribution in [0.15, 0.2) is 54.6 Å². The molecule has 2 N–H and O–H groups in total. The Bertz CT molecular complexity index is 602. The van der Waals surface area contributed by atoms with Gasteiger partial charge in [-0.1, -0.05) is 56.7 Å². The van der Waals surface area contributed by atoms with E-state index in [2.05, 4.69) is 73.8 Å². The van der Waals surface area contributed by atoms with Crippen molar-refractivity contribution in [1.29, 1.82) is 0 Å². The summed E-state index contributed by atoms with van der Waals surface area (Å²) in [6, 6.07) is 19.5. The zero-order valence-electron chi connectivity index (χ0n) is 15.1. The third-order valence-electron chi connectivity index (χ3n) is 4.84. The first kappa shape index (κ1) is 19.0. The molecule has 130 valence electrons. The van der Waals surface area contributed by atoms with E-state index >= 15 is 0 Å². The van der Waals surface area contributed by atoms with Gasteiger partial charge in [-0.25, -0.2) is 0 Å². The Morgan fingerprint density at radius 3 is 2.42 bits per heavy atom. The number of unbranched alkanes of at least 4 members (excludes halogenated alkanes) is 1. The van der Waals surface area contributed by atoms with Crippen molar-refractivity contribution in [3.63, 3.8) is 0 Å². The quantitative estimate of drug-likeness (QED) is 0.357. The first-order chi connectivity index (χ1) is 11.7. The molecule has 2 nitrogen and oxygen atoms in total. The van der Waals surface area contributed by atoms with Crippen LogP contribution in [0.25, 0.3) is 0 Å². The molecule has 0 aliphatic rings. The van der Waals surface area contributed by atoms with Crippen LogP contribution in [0.1, 0.15) is 45.1 Å². The Kier molecular flexibility index (Phi) is 7.83. The second-order valence-corrected chi connectivity index (χ2v) is 7.48. The smallest absolute Gasteiger partial charge is 0.138 e. The lowest BCUT2D eigenvalue weighted by Gasteiger charge is -2.30. The molecule has 3 heteroatoms. The third-order valence-corrected chi connectivity index (χ3v) is 5.53. The molecule has 1 atom stereocenters. The molecule has 2 rings (SSSR count). The molecule has 2 aromatic carbocycles. The topological polar surface area (TPSA) is 25.8 Å². The van der Waals surface area contributed by atoms with Gasteiger partial charge in [0.1, 0.15) is 11.4 Å². The van der Waals surface area contributed by atoms with Gasteiger partial charge in [-0.05, 0) is 54.9 Å². The van der Waals surface area contributed by atoms with Crippen molar-refractivity contribution in [2.45, 2.75) is 44.9 Å². The highest BCUT2D eigenvalue weighted by Gasteiger charge is 2.28. The fourth-order valence-corrected chi connectivity index (χ4v) is 3.65. The summed E-state index contributed by atoms with van der Waals surface area (Å²) < 4.78 is 5.08. The highest BCUT2D eigenvalue weighted by Crippen LogP contribution is 2.36. The Labute approximate surface area is 151 Å². The Hall–Kier alpha value is -1.29. The maximum Gasteiger partial charge on any atom is 0.138 e. The molecule has 0 aromatic heterocycles. The maximum atomic E-state index is 5.08. The number of quaternary nitrogens is 1. The van der Waals surface area contributed by atoms with Crippen molar-refractivity contribution in [2.24, 2.45) is 0 Å². The van der Waals surface area contributed by atoms with Crippen molar-refractivity contribution in [1.82, 2.24) is 0 Å². The van der Waals surface area contributed by atoms with Crippen LogP contribution in [0.2, 0.25) is 0 Å². The highest BCUT2D eigenvalue weighted by atomic mass is 32.2. The van der Waals surface area contributed by atoms with Gasteiger partial charge in [0, 0.05) is 11.3 Å². The molecule has 2 aromatic rings. The molecule has 0 aliphatic carbocycles. The van der Waals surface area contributed by atoms with E-state index in [1.54, 1.807) is 19.2 Å². The summed E-state index contributed by atoms with van der Waals surface area (Å²) in [5.74, 6) is 1.08. The predicted octanol–water partition coefficient (Wildman–Crippen LogP) is 5.35. The second-order valence-electron chi connectivity index (χ2n) is 6.50. The van der Waals surface area contributed by atoms with E-state index in [0.29, 0.717) is 0 Å². The van der Waals surface area contributed by atoms with Gasteiger partial charge in [-0.3, -0.25) is 5.32 Å².